The van der Waals surface area contributed by atoms with E-state index in [1.165, 1.54) is 6.08 Å². The summed E-state index contributed by atoms with van der Waals surface area (Å²) in [5.74, 6) is 0.0999. The van der Waals surface area contributed by atoms with Crippen molar-refractivity contribution in [1.82, 2.24) is 0 Å². The number of hydrogen-bond donors (Lipinski definition) is 1. The molecule has 3 aromatic rings. The average molecular weight is 532 g/mol. The van der Waals surface area contributed by atoms with Crippen molar-refractivity contribution >= 4 is 68.4 Å². The second-order valence-corrected chi connectivity index (χ2v) is 8.83. The van der Waals surface area contributed by atoms with Crippen molar-refractivity contribution < 1.29 is 14.3 Å². The summed E-state index contributed by atoms with van der Waals surface area (Å²) in [4.78, 5) is 26.6. The predicted molar refractivity (Wildman–Crippen MR) is 131 cm³/mol. The number of rotatable bonds is 5. The summed E-state index contributed by atoms with van der Waals surface area (Å²) >= 11 is 15.4. The highest BCUT2D eigenvalue weighted by Crippen LogP contribution is 2.35. The van der Waals surface area contributed by atoms with Gasteiger partial charge in [-0.05, 0) is 59.7 Å². The Kier molecular flexibility index (Phi) is 6.84. The minimum Gasteiger partial charge on any atom is -0.482 e. The number of benzene rings is 3. The molecule has 0 atom stereocenters. The van der Waals surface area contributed by atoms with Crippen molar-refractivity contribution in [1.29, 1.82) is 0 Å². The van der Waals surface area contributed by atoms with E-state index < -0.39 is 0 Å². The maximum atomic E-state index is 12.5. The van der Waals surface area contributed by atoms with E-state index in [-0.39, 0.29) is 18.4 Å². The van der Waals surface area contributed by atoms with Crippen LogP contribution < -0.4 is 15.0 Å². The van der Waals surface area contributed by atoms with Gasteiger partial charge in [-0.1, -0.05) is 57.3 Å². The molecule has 0 saturated carbocycles. The number of amides is 2. The summed E-state index contributed by atoms with van der Waals surface area (Å²) < 4.78 is 6.53. The molecule has 2 amide bonds. The second kappa shape index (κ2) is 9.77. The van der Waals surface area contributed by atoms with E-state index in [1.807, 2.05) is 24.3 Å². The SMILES string of the molecule is O=C(/C=C/c1ccc(Cl)cc1Cl)Nc1ccc2c(c1)N(Cc1ccc(Br)cc1)C(=O)CO2. The molecule has 8 heteroatoms. The zero-order valence-corrected chi connectivity index (χ0v) is 19.7. The van der Waals surface area contributed by atoms with E-state index in [0.29, 0.717) is 39.3 Å². The molecule has 1 heterocycles. The zero-order valence-electron chi connectivity index (χ0n) is 16.6. The Bertz CT molecular complexity index is 1210. The normalized spacial score (nSPS) is 13.1. The van der Waals surface area contributed by atoms with Gasteiger partial charge in [0.05, 0.1) is 12.2 Å². The minimum absolute atomic E-state index is 0.0280. The highest BCUT2D eigenvalue weighted by Gasteiger charge is 2.26. The van der Waals surface area contributed by atoms with Gasteiger partial charge in [-0.15, -0.1) is 0 Å². The van der Waals surface area contributed by atoms with Gasteiger partial charge < -0.3 is 15.0 Å². The number of nitrogens with one attached hydrogen (secondary N) is 1. The molecule has 5 nitrogen and oxygen atoms in total. The quantitative estimate of drug-likeness (QED) is 0.391. The number of halogens is 3. The average Bonchev–Trinajstić information content (AvgIpc) is 2.76. The van der Waals surface area contributed by atoms with Crippen molar-refractivity contribution in [3.05, 3.63) is 92.4 Å². The van der Waals surface area contributed by atoms with E-state index in [1.54, 1.807) is 47.4 Å². The van der Waals surface area contributed by atoms with Crippen molar-refractivity contribution in [3.8, 4) is 5.75 Å². The van der Waals surface area contributed by atoms with Crippen LogP contribution in [0.1, 0.15) is 11.1 Å². The van der Waals surface area contributed by atoms with Crippen LogP contribution in [0.3, 0.4) is 0 Å². The monoisotopic (exact) mass is 530 g/mol. The third-order valence-corrected chi connectivity index (χ3v) is 5.89. The number of fused-ring (bicyclic) bond motifs is 1. The predicted octanol–water partition coefficient (Wildman–Crippen LogP) is 6.33. The molecular weight excluding hydrogens is 515 g/mol. The van der Waals surface area contributed by atoms with E-state index in [4.69, 9.17) is 27.9 Å². The number of ether oxygens (including phenoxy) is 1. The topological polar surface area (TPSA) is 58.6 Å². The largest absolute Gasteiger partial charge is 0.482 e. The van der Waals surface area contributed by atoms with Crippen LogP contribution in [0.25, 0.3) is 6.08 Å². The molecule has 0 saturated heterocycles. The van der Waals surface area contributed by atoms with Crippen molar-refractivity contribution in [2.75, 3.05) is 16.8 Å². The smallest absolute Gasteiger partial charge is 0.265 e. The summed E-state index contributed by atoms with van der Waals surface area (Å²) in [7, 11) is 0. The lowest BCUT2D eigenvalue weighted by Gasteiger charge is -2.30. The van der Waals surface area contributed by atoms with Gasteiger partial charge in [-0.2, -0.15) is 0 Å². The lowest BCUT2D eigenvalue weighted by Crippen LogP contribution is -2.38. The Morgan fingerprint density at radius 2 is 1.88 bits per heavy atom. The molecule has 0 bridgehead atoms. The Balaban J connectivity index is 1.52. The molecule has 1 aliphatic rings. The molecule has 32 heavy (non-hydrogen) atoms. The Morgan fingerprint density at radius 3 is 2.62 bits per heavy atom. The fourth-order valence-corrected chi connectivity index (χ4v) is 3.95. The van der Waals surface area contributed by atoms with Gasteiger partial charge in [0.1, 0.15) is 5.75 Å². The molecular formula is C24H17BrCl2N2O3. The third kappa shape index (κ3) is 5.33. The van der Waals surface area contributed by atoms with Crippen LogP contribution in [-0.4, -0.2) is 18.4 Å². The maximum Gasteiger partial charge on any atom is 0.265 e. The minimum atomic E-state index is -0.335. The number of hydrogen-bond acceptors (Lipinski definition) is 3. The first-order valence-electron chi connectivity index (χ1n) is 9.65. The zero-order chi connectivity index (χ0) is 22.7. The van der Waals surface area contributed by atoms with Gasteiger partial charge >= 0.3 is 0 Å². The highest BCUT2D eigenvalue weighted by molar-refractivity contribution is 9.10. The molecule has 0 spiro atoms. The van der Waals surface area contributed by atoms with Gasteiger partial charge in [0.15, 0.2) is 6.61 Å². The van der Waals surface area contributed by atoms with Gasteiger partial charge in [0.2, 0.25) is 5.91 Å². The number of anilines is 2. The fraction of sp³-hybridized carbons (Fsp3) is 0.0833. The highest BCUT2D eigenvalue weighted by atomic mass is 79.9. The van der Waals surface area contributed by atoms with Gasteiger partial charge in [0.25, 0.3) is 5.91 Å². The number of carbonyl (C=O) groups excluding carboxylic acids is 2. The molecule has 0 fully saturated rings. The molecule has 0 unspecified atom stereocenters. The first-order chi connectivity index (χ1) is 15.4. The van der Waals surface area contributed by atoms with Crippen molar-refractivity contribution in [2.24, 2.45) is 0 Å². The summed E-state index contributed by atoms with van der Waals surface area (Å²) in [6.07, 6.45) is 2.99. The lowest BCUT2D eigenvalue weighted by molar-refractivity contribution is -0.121. The van der Waals surface area contributed by atoms with Crippen LogP contribution in [0.2, 0.25) is 10.0 Å². The first kappa shape index (κ1) is 22.4. The first-order valence-corrected chi connectivity index (χ1v) is 11.2. The van der Waals surface area contributed by atoms with Crippen LogP contribution in [-0.2, 0) is 16.1 Å². The standard InChI is InChI=1S/C24H17BrCl2N2O3/c25-17-5-1-15(2-6-17)13-29-21-12-19(8-9-22(21)32-14-24(29)31)28-23(30)10-4-16-3-7-18(26)11-20(16)27/h1-12H,13-14H2,(H,28,30)/b10-4+. The number of nitrogens with zero attached hydrogens (tertiary/aromatic N) is 1. The van der Waals surface area contributed by atoms with Crippen LogP contribution in [0, 0.1) is 0 Å². The van der Waals surface area contributed by atoms with Crippen LogP contribution in [0.4, 0.5) is 11.4 Å². The van der Waals surface area contributed by atoms with E-state index >= 15 is 0 Å². The second-order valence-electron chi connectivity index (χ2n) is 7.07. The van der Waals surface area contributed by atoms with Crippen LogP contribution in [0.15, 0.2) is 71.2 Å². The molecule has 0 aliphatic carbocycles. The Morgan fingerprint density at radius 1 is 1.09 bits per heavy atom. The summed E-state index contributed by atoms with van der Waals surface area (Å²) in [5, 5.41) is 3.78. The van der Waals surface area contributed by atoms with Crippen LogP contribution >= 0.6 is 39.1 Å². The molecule has 1 aliphatic heterocycles. The molecule has 0 radical (unpaired) electrons. The number of carbonyl (C=O) groups is 2. The van der Waals surface area contributed by atoms with Crippen LogP contribution in [0.5, 0.6) is 5.75 Å². The Hall–Kier alpha value is -2.80. The summed E-state index contributed by atoms with van der Waals surface area (Å²) in [5.41, 5.74) is 2.80. The molecule has 3 aromatic carbocycles. The van der Waals surface area contributed by atoms with Crippen molar-refractivity contribution in [2.45, 2.75) is 6.54 Å². The van der Waals surface area contributed by atoms with Gasteiger partial charge in [-0.3, -0.25) is 9.59 Å². The third-order valence-electron chi connectivity index (χ3n) is 4.80. The molecule has 1 N–H and O–H groups in total. The van der Waals surface area contributed by atoms with Crippen molar-refractivity contribution in [3.63, 3.8) is 0 Å². The van der Waals surface area contributed by atoms with E-state index in [9.17, 15) is 9.59 Å². The van der Waals surface area contributed by atoms with E-state index in [0.717, 1.165) is 10.0 Å². The van der Waals surface area contributed by atoms with E-state index in [2.05, 4.69) is 21.2 Å². The van der Waals surface area contributed by atoms with Gasteiger partial charge in [0, 0.05) is 26.3 Å². The summed E-state index contributed by atoms with van der Waals surface area (Å²) in [6.45, 7) is 0.370. The lowest BCUT2D eigenvalue weighted by atomic mass is 10.1. The summed E-state index contributed by atoms with van der Waals surface area (Å²) in [6, 6.07) is 18.0. The Labute approximate surface area is 203 Å². The fourth-order valence-electron chi connectivity index (χ4n) is 3.21. The maximum absolute atomic E-state index is 12.5. The van der Waals surface area contributed by atoms with Gasteiger partial charge in [-0.25, -0.2) is 0 Å². The molecule has 162 valence electrons. The molecule has 0 aromatic heterocycles. The molecule has 4 rings (SSSR count).